The van der Waals surface area contributed by atoms with Crippen LogP contribution in [0.3, 0.4) is 0 Å². The summed E-state index contributed by atoms with van der Waals surface area (Å²) in [5, 5.41) is 15.1. The van der Waals surface area contributed by atoms with E-state index in [2.05, 4.69) is 20.8 Å². The van der Waals surface area contributed by atoms with Crippen molar-refractivity contribution < 1.29 is 14.3 Å². The van der Waals surface area contributed by atoms with Crippen LogP contribution in [0.5, 0.6) is 0 Å². The second kappa shape index (κ2) is 10.4. The quantitative estimate of drug-likeness (QED) is 0.460. The summed E-state index contributed by atoms with van der Waals surface area (Å²) in [5.74, 6) is 0.484. The number of nitrogens with one attached hydrogen (secondary N) is 2. The highest BCUT2D eigenvalue weighted by atomic mass is 32.2. The zero-order valence-corrected chi connectivity index (χ0v) is 18.6. The van der Waals surface area contributed by atoms with Crippen LogP contribution in [-0.2, 0) is 16.1 Å². The lowest BCUT2D eigenvalue weighted by Crippen LogP contribution is -2.27. The first-order chi connectivity index (χ1) is 15.7. The number of amides is 2. The second-order valence-electron chi connectivity index (χ2n) is 7.45. The number of rotatable bonds is 10. The van der Waals surface area contributed by atoms with Crippen LogP contribution in [0.2, 0.25) is 0 Å². The smallest absolute Gasteiger partial charge is 0.253 e. The first-order valence-electron chi connectivity index (χ1n) is 10.5. The van der Waals surface area contributed by atoms with Crippen LogP contribution in [0, 0.1) is 0 Å². The van der Waals surface area contributed by atoms with E-state index in [4.69, 9.17) is 4.74 Å². The monoisotopic (exact) mass is 451 g/mol. The molecule has 1 saturated carbocycles. The van der Waals surface area contributed by atoms with Crippen LogP contribution in [0.1, 0.15) is 23.2 Å². The van der Waals surface area contributed by atoms with Gasteiger partial charge in [-0.15, -0.1) is 10.2 Å². The van der Waals surface area contributed by atoms with Crippen molar-refractivity contribution >= 4 is 29.3 Å². The minimum absolute atomic E-state index is 0.137. The predicted molar refractivity (Wildman–Crippen MR) is 124 cm³/mol. The first-order valence-corrected chi connectivity index (χ1v) is 11.4. The standard InChI is InChI=1S/C23H25N5O3S/c1-31-14-13-28-21(16-7-3-2-4-8-16)26-27-23(28)32-15-20(29)25-19-10-6-5-9-18(19)22(30)24-17-11-12-17/h2-10,17H,11-15H2,1H3,(H,24,30)(H,25,29). The molecular formula is C23H25N5O3S. The minimum Gasteiger partial charge on any atom is -0.383 e. The summed E-state index contributed by atoms with van der Waals surface area (Å²) in [6, 6.07) is 17.1. The number of carbonyl (C=O) groups excluding carboxylic acids is 2. The normalized spacial score (nSPS) is 13.0. The van der Waals surface area contributed by atoms with E-state index in [1.807, 2.05) is 34.9 Å². The average Bonchev–Trinajstić information content (AvgIpc) is 3.54. The molecule has 2 aromatic carbocycles. The molecule has 9 heteroatoms. The van der Waals surface area contributed by atoms with Crippen molar-refractivity contribution in [2.45, 2.75) is 30.6 Å². The highest BCUT2D eigenvalue weighted by Crippen LogP contribution is 2.25. The molecule has 1 aromatic heterocycles. The number of ether oxygens (including phenoxy) is 1. The molecule has 8 nitrogen and oxygen atoms in total. The summed E-state index contributed by atoms with van der Waals surface area (Å²) in [4.78, 5) is 25.1. The Hall–Kier alpha value is -3.17. The molecule has 0 bridgehead atoms. The molecule has 1 aliphatic carbocycles. The number of nitrogens with zero attached hydrogens (tertiary/aromatic N) is 3. The van der Waals surface area contributed by atoms with Crippen LogP contribution in [-0.4, -0.2) is 52.1 Å². The van der Waals surface area contributed by atoms with Crippen molar-refractivity contribution in [2.24, 2.45) is 0 Å². The SMILES string of the molecule is COCCn1c(SCC(=O)Nc2ccccc2C(=O)NC2CC2)nnc1-c1ccccc1. The van der Waals surface area contributed by atoms with Crippen LogP contribution < -0.4 is 10.6 Å². The Labute approximate surface area is 190 Å². The number of hydrogen-bond donors (Lipinski definition) is 2. The van der Waals surface area contributed by atoms with E-state index in [1.54, 1.807) is 31.4 Å². The van der Waals surface area contributed by atoms with E-state index < -0.39 is 0 Å². The number of carbonyl (C=O) groups is 2. The van der Waals surface area contributed by atoms with E-state index in [1.165, 1.54) is 11.8 Å². The molecule has 1 fully saturated rings. The lowest BCUT2D eigenvalue weighted by Gasteiger charge is -2.12. The van der Waals surface area contributed by atoms with Gasteiger partial charge in [0.25, 0.3) is 5.91 Å². The van der Waals surface area contributed by atoms with Crippen LogP contribution in [0.15, 0.2) is 59.8 Å². The van der Waals surface area contributed by atoms with Gasteiger partial charge in [0.2, 0.25) is 5.91 Å². The Morgan fingerprint density at radius 3 is 2.59 bits per heavy atom. The van der Waals surface area contributed by atoms with Gasteiger partial charge in [-0.25, -0.2) is 0 Å². The van der Waals surface area contributed by atoms with Gasteiger partial charge in [0, 0.05) is 18.7 Å². The van der Waals surface area contributed by atoms with Gasteiger partial charge in [0.15, 0.2) is 11.0 Å². The van der Waals surface area contributed by atoms with Gasteiger partial charge in [-0.1, -0.05) is 54.2 Å². The molecule has 4 rings (SSSR count). The lowest BCUT2D eigenvalue weighted by molar-refractivity contribution is -0.113. The third kappa shape index (κ3) is 5.54. The number of methoxy groups -OCH3 is 1. The van der Waals surface area contributed by atoms with Crippen LogP contribution in [0.4, 0.5) is 5.69 Å². The van der Waals surface area contributed by atoms with Gasteiger partial charge in [-0.3, -0.25) is 14.2 Å². The summed E-state index contributed by atoms with van der Waals surface area (Å²) in [7, 11) is 1.64. The molecule has 2 N–H and O–H groups in total. The first kappa shape index (κ1) is 22.0. The van der Waals surface area contributed by atoms with E-state index in [-0.39, 0.29) is 23.6 Å². The fraction of sp³-hybridized carbons (Fsp3) is 0.304. The molecule has 0 aliphatic heterocycles. The Morgan fingerprint density at radius 1 is 1.09 bits per heavy atom. The van der Waals surface area contributed by atoms with Crippen molar-refractivity contribution in [3.05, 3.63) is 60.2 Å². The zero-order chi connectivity index (χ0) is 22.3. The highest BCUT2D eigenvalue weighted by molar-refractivity contribution is 7.99. The van der Waals surface area contributed by atoms with Crippen molar-refractivity contribution in [1.82, 2.24) is 20.1 Å². The third-order valence-corrected chi connectivity index (χ3v) is 5.93. The summed E-state index contributed by atoms with van der Waals surface area (Å²) in [6.45, 7) is 1.07. The van der Waals surface area contributed by atoms with Crippen molar-refractivity contribution in [2.75, 3.05) is 24.8 Å². The molecule has 166 valence electrons. The Bertz CT molecular complexity index is 1080. The minimum atomic E-state index is -0.218. The van der Waals surface area contributed by atoms with Gasteiger partial charge in [-0.05, 0) is 25.0 Å². The molecule has 0 saturated heterocycles. The van der Waals surface area contributed by atoms with Crippen LogP contribution in [0.25, 0.3) is 11.4 Å². The fourth-order valence-electron chi connectivity index (χ4n) is 3.18. The van der Waals surface area contributed by atoms with Gasteiger partial charge in [-0.2, -0.15) is 0 Å². The Balaban J connectivity index is 1.43. The third-order valence-electron chi connectivity index (χ3n) is 4.96. The molecule has 1 heterocycles. The maximum Gasteiger partial charge on any atom is 0.253 e. The van der Waals surface area contributed by atoms with Gasteiger partial charge >= 0.3 is 0 Å². The summed E-state index contributed by atoms with van der Waals surface area (Å²) in [6.07, 6.45) is 2.01. The molecule has 2 amide bonds. The van der Waals surface area contributed by atoms with Crippen molar-refractivity contribution in [3.8, 4) is 11.4 Å². The molecule has 1 aliphatic rings. The zero-order valence-electron chi connectivity index (χ0n) is 17.8. The number of hydrogen-bond acceptors (Lipinski definition) is 6. The largest absolute Gasteiger partial charge is 0.383 e. The number of benzene rings is 2. The van der Waals surface area contributed by atoms with E-state index in [0.29, 0.717) is 29.6 Å². The molecular weight excluding hydrogens is 426 g/mol. The second-order valence-corrected chi connectivity index (χ2v) is 8.39. The maximum absolute atomic E-state index is 12.7. The lowest BCUT2D eigenvalue weighted by atomic mass is 10.1. The predicted octanol–water partition coefficient (Wildman–Crippen LogP) is 3.21. The molecule has 0 spiro atoms. The Morgan fingerprint density at radius 2 is 1.84 bits per heavy atom. The summed E-state index contributed by atoms with van der Waals surface area (Å²) in [5.41, 5.74) is 1.91. The average molecular weight is 452 g/mol. The van der Waals surface area contributed by atoms with Gasteiger partial charge < -0.3 is 15.4 Å². The van der Waals surface area contributed by atoms with Crippen LogP contribution >= 0.6 is 11.8 Å². The Kier molecular flexibility index (Phi) is 7.18. The highest BCUT2D eigenvalue weighted by Gasteiger charge is 2.25. The molecule has 32 heavy (non-hydrogen) atoms. The van der Waals surface area contributed by atoms with E-state index >= 15 is 0 Å². The molecule has 0 radical (unpaired) electrons. The van der Waals surface area contributed by atoms with Crippen molar-refractivity contribution in [1.29, 1.82) is 0 Å². The number of aromatic nitrogens is 3. The fourth-order valence-corrected chi connectivity index (χ4v) is 3.94. The van der Waals surface area contributed by atoms with E-state index in [0.717, 1.165) is 24.2 Å². The number of anilines is 1. The maximum atomic E-state index is 12.7. The van der Waals surface area contributed by atoms with E-state index in [9.17, 15) is 9.59 Å². The summed E-state index contributed by atoms with van der Waals surface area (Å²) >= 11 is 1.30. The topological polar surface area (TPSA) is 98.1 Å². The molecule has 3 aromatic rings. The molecule has 0 atom stereocenters. The number of thioether (sulfide) groups is 1. The number of para-hydroxylation sites is 1. The van der Waals surface area contributed by atoms with Gasteiger partial charge in [0.05, 0.1) is 30.2 Å². The summed E-state index contributed by atoms with van der Waals surface area (Å²) < 4.78 is 7.18. The molecule has 0 unspecified atom stereocenters. The van der Waals surface area contributed by atoms with Crippen molar-refractivity contribution in [3.63, 3.8) is 0 Å². The van der Waals surface area contributed by atoms with Gasteiger partial charge in [0.1, 0.15) is 0 Å².